The Balaban J connectivity index is 1.58. The van der Waals surface area contributed by atoms with Gasteiger partial charge < -0.3 is 20.1 Å². The quantitative estimate of drug-likeness (QED) is 0.474. The van der Waals surface area contributed by atoms with Crippen LogP contribution >= 0.6 is 0 Å². The molecule has 1 aromatic heterocycles. The first-order valence-electron chi connectivity index (χ1n) is 10.4. The number of hydrogen-bond acceptors (Lipinski definition) is 4. The molecular weight excluding hydrogens is 383 g/mol. The average molecular weight is 415 g/mol. The molecular formula is C23H31FN4O2. The molecule has 0 unspecified atom stereocenters. The second kappa shape index (κ2) is 10.9. The lowest BCUT2D eigenvalue weighted by molar-refractivity contribution is 0.138. The van der Waals surface area contributed by atoms with E-state index in [9.17, 15) is 4.39 Å². The number of aromatic nitrogens is 1. The van der Waals surface area contributed by atoms with Gasteiger partial charge in [-0.2, -0.15) is 0 Å². The molecule has 1 saturated carbocycles. The molecule has 2 N–H and O–H groups in total. The fourth-order valence-electron chi connectivity index (χ4n) is 3.92. The van der Waals surface area contributed by atoms with Crippen LogP contribution in [0.5, 0.6) is 11.6 Å². The average Bonchev–Trinajstić information content (AvgIpc) is 3.22. The monoisotopic (exact) mass is 414 g/mol. The second-order valence-electron chi connectivity index (χ2n) is 7.76. The van der Waals surface area contributed by atoms with Crippen LogP contribution in [0.1, 0.15) is 37.7 Å². The van der Waals surface area contributed by atoms with E-state index >= 15 is 0 Å². The summed E-state index contributed by atoms with van der Waals surface area (Å²) < 4.78 is 24.6. The van der Waals surface area contributed by atoms with Crippen molar-refractivity contribution in [3.05, 3.63) is 54.0 Å². The Bertz CT molecular complexity index is 837. The summed E-state index contributed by atoms with van der Waals surface area (Å²) >= 11 is 0. The second-order valence-corrected chi connectivity index (χ2v) is 7.76. The molecule has 0 radical (unpaired) electrons. The van der Waals surface area contributed by atoms with E-state index in [-0.39, 0.29) is 11.2 Å². The van der Waals surface area contributed by atoms with Crippen LogP contribution in [0.25, 0.3) is 0 Å². The first kappa shape index (κ1) is 22.0. The molecule has 1 aliphatic carbocycles. The Hall–Kier alpha value is -2.67. The zero-order chi connectivity index (χ0) is 21.2. The molecule has 1 fully saturated rings. The minimum absolute atomic E-state index is 0.271. The summed E-state index contributed by atoms with van der Waals surface area (Å²) in [5, 5.41) is 6.81. The molecule has 0 spiro atoms. The zero-order valence-electron chi connectivity index (χ0n) is 17.8. The minimum atomic E-state index is -0.345. The summed E-state index contributed by atoms with van der Waals surface area (Å²) in [7, 11) is 3.52. The van der Waals surface area contributed by atoms with Gasteiger partial charge in [-0.3, -0.25) is 4.99 Å². The van der Waals surface area contributed by atoms with Crippen LogP contribution in [0.15, 0.2) is 47.6 Å². The highest BCUT2D eigenvalue weighted by molar-refractivity contribution is 5.79. The van der Waals surface area contributed by atoms with Crippen LogP contribution in [0.3, 0.4) is 0 Å². The fraction of sp³-hybridized carbons (Fsp3) is 0.478. The van der Waals surface area contributed by atoms with Gasteiger partial charge in [-0.1, -0.05) is 25.0 Å². The number of guanidine groups is 1. The van der Waals surface area contributed by atoms with Gasteiger partial charge in [0, 0.05) is 51.7 Å². The highest BCUT2D eigenvalue weighted by Gasteiger charge is 2.33. The van der Waals surface area contributed by atoms with Crippen molar-refractivity contribution < 1.29 is 13.9 Å². The molecule has 1 aromatic carbocycles. The standard InChI is InChI=1S/C23H31FN4O2/c1-25-22(28-17-23(12-14-29-2)10-3-4-11-23)27-16-18-7-6-13-26-21(18)30-20-9-5-8-19(24)15-20/h5-9,13,15H,3-4,10-12,14,16-17H2,1-2H3,(H2,25,27,28). The lowest BCUT2D eigenvalue weighted by atomic mass is 9.83. The van der Waals surface area contributed by atoms with Crippen molar-refractivity contribution in [3.63, 3.8) is 0 Å². The van der Waals surface area contributed by atoms with Gasteiger partial charge in [-0.25, -0.2) is 9.37 Å². The molecule has 0 saturated heterocycles. The fourth-order valence-corrected chi connectivity index (χ4v) is 3.92. The Kier molecular flexibility index (Phi) is 8.02. The maximum atomic E-state index is 13.4. The molecule has 0 bridgehead atoms. The predicted molar refractivity (Wildman–Crippen MR) is 116 cm³/mol. The van der Waals surface area contributed by atoms with Gasteiger partial charge in [0.1, 0.15) is 11.6 Å². The summed E-state index contributed by atoms with van der Waals surface area (Å²) in [6, 6.07) is 9.82. The summed E-state index contributed by atoms with van der Waals surface area (Å²) in [6.45, 7) is 2.14. The topological polar surface area (TPSA) is 67.8 Å². The molecule has 0 amide bonds. The van der Waals surface area contributed by atoms with Gasteiger partial charge in [0.05, 0.1) is 0 Å². The first-order chi connectivity index (χ1) is 14.6. The van der Waals surface area contributed by atoms with Crippen molar-refractivity contribution in [2.75, 3.05) is 27.3 Å². The van der Waals surface area contributed by atoms with Gasteiger partial charge in [0.2, 0.25) is 5.88 Å². The van der Waals surface area contributed by atoms with Crippen LogP contribution in [0.4, 0.5) is 4.39 Å². The highest BCUT2D eigenvalue weighted by atomic mass is 19.1. The lowest BCUT2D eigenvalue weighted by Gasteiger charge is -2.30. The largest absolute Gasteiger partial charge is 0.439 e. The van der Waals surface area contributed by atoms with E-state index in [1.807, 2.05) is 12.1 Å². The Labute approximate surface area is 177 Å². The van der Waals surface area contributed by atoms with Gasteiger partial charge >= 0.3 is 0 Å². The third-order valence-corrected chi connectivity index (χ3v) is 5.66. The van der Waals surface area contributed by atoms with Crippen LogP contribution in [0.2, 0.25) is 0 Å². The van der Waals surface area contributed by atoms with Gasteiger partial charge in [-0.15, -0.1) is 0 Å². The number of benzene rings is 1. The molecule has 0 aliphatic heterocycles. The van der Waals surface area contributed by atoms with E-state index in [0.29, 0.717) is 18.2 Å². The number of nitrogens with zero attached hydrogens (tertiary/aromatic N) is 2. The molecule has 162 valence electrons. The molecule has 1 heterocycles. The maximum Gasteiger partial charge on any atom is 0.224 e. The SMILES string of the molecule is CN=C(NCc1cccnc1Oc1cccc(F)c1)NCC1(CCOC)CCCC1. The number of hydrogen-bond donors (Lipinski definition) is 2. The van der Waals surface area contributed by atoms with Crippen molar-refractivity contribution in [2.45, 2.75) is 38.6 Å². The van der Waals surface area contributed by atoms with Crippen LogP contribution in [0, 0.1) is 11.2 Å². The molecule has 30 heavy (non-hydrogen) atoms. The van der Waals surface area contributed by atoms with E-state index in [4.69, 9.17) is 9.47 Å². The van der Waals surface area contributed by atoms with Crippen molar-refractivity contribution in [1.82, 2.24) is 15.6 Å². The smallest absolute Gasteiger partial charge is 0.224 e. The van der Waals surface area contributed by atoms with Crippen molar-refractivity contribution in [3.8, 4) is 11.6 Å². The number of pyridine rings is 1. The summed E-state index contributed by atoms with van der Waals surface area (Å²) in [5.41, 5.74) is 1.13. The normalized spacial score (nSPS) is 15.8. The number of aliphatic imine (C=N–C) groups is 1. The third kappa shape index (κ3) is 6.16. The number of halogens is 1. The Morgan fingerprint density at radius 1 is 1.20 bits per heavy atom. The van der Waals surface area contributed by atoms with E-state index in [1.165, 1.54) is 37.8 Å². The minimum Gasteiger partial charge on any atom is -0.439 e. The van der Waals surface area contributed by atoms with Crippen molar-refractivity contribution in [1.29, 1.82) is 0 Å². The van der Waals surface area contributed by atoms with E-state index in [1.54, 1.807) is 32.5 Å². The van der Waals surface area contributed by atoms with Gasteiger partial charge in [0.25, 0.3) is 0 Å². The third-order valence-electron chi connectivity index (χ3n) is 5.66. The number of nitrogens with one attached hydrogen (secondary N) is 2. The highest BCUT2D eigenvalue weighted by Crippen LogP contribution is 2.40. The lowest BCUT2D eigenvalue weighted by Crippen LogP contribution is -2.43. The Morgan fingerprint density at radius 3 is 2.77 bits per heavy atom. The molecule has 1 aliphatic rings. The van der Waals surface area contributed by atoms with Crippen LogP contribution in [-0.2, 0) is 11.3 Å². The molecule has 0 atom stereocenters. The van der Waals surface area contributed by atoms with E-state index < -0.39 is 0 Å². The molecule has 3 rings (SSSR count). The van der Waals surface area contributed by atoms with Gasteiger partial charge in [-0.05, 0) is 42.9 Å². The zero-order valence-corrected chi connectivity index (χ0v) is 17.8. The van der Waals surface area contributed by atoms with Gasteiger partial charge in [0.15, 0.2) is 5.96 Å². The van der Waals surface area contributed by atoms with Crippen molar-refractivity contribution >= 4 is 5.96 Å². The van der Waals surface area contributed by atoms with Crippen molar-refractivity contribution in [2.24, 2.45) is 10.4 Å². The van der Waals surface area contributed by atoms with E-state index in [2.05, 4.69) is 20.6 Å². The van der Waals surface area contributed by atoms with Crippen LogP contribution < -0.4 is 15.4 Å². The maximum absolute atomic E-state index is 13.4. The predicted octanol–water partition coefficient (Wildman–Crippen LogP) is 4.27. The van der Waals surface area contributed by atoms with Crippen LogP contribution in [-0.4, -0.2) is 38.3 Å². The molecule has 6 nitrogen and oxygen atoms in total. The van der Waals surface area contributed by atoms with E-state index in [0.717, 1.165) is 31.1 Å². The Morgan fingerprint density at radius 2 is 2.03 bits per heavy atom. The molecule has 7 heteroatoms. The number of rotatable bonds is 9. The number of methoxy groups -OCH3 is 1. The summed E-state index contributed by atoms with van der Waals surface area (Å²) in [5.74, 6) is 1.25. The first-order valence-corrected chi connectivity index (χ1v) is 10.4. The number of ether oxygens (including phenoxy) is 2. The molecule has 2 aromatic rings. The summed E-state index contributed by atoms with van der Waals surface area (Å²) in [6.07, 6.45) is 7.69. The summed E-state index contributed by atoms with van der Waals surface area (Å²) in [4.78, 5) is 8.66.